The number of carbonyl (C=O) groups is 1. The number of rotatable bonds is 29. The molecule has 0 aromatic heterocycles. The maximum Gasteiger partial charge on any atom is 0.323 e. The number of aliphatic hydroxyl groups is 1. The SMILES string of the molecule is N[C@@H](CSCCCCCCCCCCCCCO)C(=O)OCCCCCCCCCCCCCBr. The molecule has 0 amide bonds. The minimum absolute atomic E-state index is 0.228. The minimum Gasteiger partial charge on any atom is -0.465 e. The van der Waals surface area contributed by atoms with Gasteiger partial charge >= 0.3 is 5.97 Å². The molecule has 0 radical (unpaired) electrons. The summed E-state index contributed by atoms with van der Waals surface area (Å²) < 4.78 is 5.37. The number of unbranched alkanes of at least 4 members (excludes halogenated alkanes) is 20. The molecule has 0 rings (SSSR count). The molecule has 0 saturated heterocycles. The first-order valence-corrected chi connectivity index (χ1v) is 17.2. The molecule has 0 aliphatic heterocycles. The van der Waals surface area contributed by atoms with Crippen LogP contribution in [0, 0.1) is 0 Å². The molecule has 0 fully saturated rings. The average Bonchev–Trinajstić information content (AvgIpc) is 2.86. The summed E-state index contributed by atoms with van der Waals surface area (Å²) in [6.45, 7) is 0.862. The molecular formula is C29H58BrNO3S. The largest absolute Gasteiger partial charge is 0.465 e. The Bertz CT molecular complexity index is 429. The first-order chi connectivity index (χ1) is 17.2. The minimum atomic E-state index is -0.480. The Hall–Kier alpha value is 0.220. The monoisotopic (exact) mass is 579 g/mol. The Kier molecular flexibility index (Phi) is 30.6. The fourth-order valence-corrected chi connectivity index (χ4v) is 5.61. The van der Waals surface area contributed by atoms with Crippen LogP contribution in [0.5, 0.6) is 0 Å². The van der Waals surface area contributed by atoms with Crippen LogP contribution in [0.3, 0.4) is 0 Å². The second kappa shape index (κ2) is 30.4. The van der Waals surface area contributed by atoms with Crippen LogP contribution in [-0.2, 0) is 9.53 Å². The fraction of sp³-hybridized carbons (Fsp3) is 0.966. The standard InChI is InChI=1S/C29H58BrNO3S/c30-23-19-15-11-7-3-1-5-9-13-17-21-25-34-29(33)28(31)27-35-26-22-18-14-10-6-2-4-8-12-16-20-24-32/h28,32H,1-27,31H2/t28-/m0/s1. The zero-order valence-electron chi connectivity index (χ0n) is 22.8. The summed E-state index contributed by atoms with van der Waals surface area (Å²) in [5.41, 5.74) is 6.00. The lowest BCUT2D eigenvalue weighted by Gasteiger charge is -2.11. The van der Waals surface area contributed by atoms with Gasteiger partial charge in [-0.2, -0.15) is 11.8 Å². The zero-order chi connectivity index (χ0) is 25.7. The average molecular weight is 581 g/mol. The van der Waals surface area contributed by atoms with Gasteiger partial charge in [0.1, 0.15) is 6.04 Å². The van der Waals surface area contributed by atoms with Crippen molar-refractivity contribution in [3.05, 3.63) is 0 Å². The maximum atomic E-state index is 12.0. The molecule has 0 unspecified atom stereocenters. The van der Waals surface area contributed by atoms with Gasteiger partial charge in [0, 0.05) is 17.7 Å². The van der Waals surface area contributed by atoms with Crippen LogP contribution in [0.15, 0.2) is 0 Å². The Labute approximate surface area is 230 Å². The number of nitrogens with two attached hydrogens (primary N) is 1. The quantitative estimate of drug-likeness (QED) is 0.0527. The molecule has 0 heterocycles. The third-order valence-electron chi connectivity index (χ3n) is 6.57. The summed E-state index contributed by atoms with van der Waals surface area (Å²) >= 11 is 5.27. The maximum absolute atomic E-state index is 12.0. The van der Waals surface area contributed by atoms with Crippen LogP contribution in [0.1, 0.15) is 141 Å². The van der Waals surface area contributed by atoms with Crippen LogP contribution >= 0.6 is 27.7 Å². The van der Waals surface area contributed by atoms with Crippen molar-refractivity contribution in [1.29, 1.82) is 0 Å². The lowest BCUT2D eigenvalue weighted by atomic mass is 10.1. The van der Waals surface area contributed by atoms with Crippen molar-refractivity contribution in [2.24, 2.45) is 5.73 Å². The van der Waals surface area contributed by atoms with Crippen molar-refractivity contribution in [3.63, 3.8) is 0 Å². The molecular weight excluding hydrogens is 522 g/mol. The van der Waals surface area contributed by atoms with Gasteiger partial charge in [-0.15, -0.1) is 0 Å². The molecule has 0 aliphatic carbocycles. The molecule has 0 spiro atoms. The van der Waals surface area contributed by atoms with Crippen molar-refractivity contribution in [2.45, 2.75) is 147 Å². The Morgan fingerprint density at radius 1 is 0.657 bits per heavy atom. The number of carbonyl (C=O) groups excluding carboxylic acids is 1. The first-order valence-electron chi connectivity index (χ1n) is 14.9. The number of hydrogen-bond acceptors (Lipinski definition) is 5. The van der Waals surface area contributed by atoms with Crippen LogP contribution in [0.4, 0.5) is 0 Å². The fourth-order valence-electron chi connectivity index (χ4n) is 4.25. The van der Waals surface area contributed by atoms with E-state index in [2.05, 4.69) is 15.9 Å². The third kappa shape index (κ3) is 28.6. The Morgan fingerprint density at radius 2 is 1.06 bits per heavy atom. The summed E-state index contributed by atoms with van der Waals surface area (Å²) in [4.78, 5) is 12.0. The molecule has 210 valence electrons. The second-order valence-corrected chi connectivity index (χ2v) is 12.0. The highest BCUT2D eigenvalue weighted by Crippen LogP contribution is 2.14. The molecule has 35 heavy (non-hydrogen) atoms. The van der Waals surface area contributed by atoms with Crippen LogP contribution in [-0.4, -0.2) is 47.2 Å². The van der Waals surface area contributed by atoms with Gasteiger partial charge in [-0.25, -0.2) is 0 Å². The number of thioether (sulfide) groups is 1. The Morgan fingerprint density at radius 3 is 1.51 bits per heavy atom. The molecule has 0 aromatic rings. The smallest absolute Gasteiger partial charge is 0.323 e. The van der Waals surface area contributed by atoms with Crippen LogP contribution in [0.25, 0.3) is 0 Å². The topological polar surface area (TPSA) is 72.5 Å². The lowest BCUT2D eigenvalue weighted by molar-refractivity contribution is -0.144. The van der Waals surface area contributed by atoms with E-state index in [-0.39, 0.29) is 5.97 Å². The van der Waals surface area contributed by atoms with E-state index in [1.165, 1.54) is 122 Å². The van der Waals surface area contributed by atoms with Gasteiger partial charge < -0.3 is 15.6 Å². The highest BCUT2D eigenvalue weighted by Gasteiger charge is 2.14. The molecule has 0 saturated carbocycles. The van der Waals surface area contributed by atoms with Crippen molar-refractivity contribution in [2.75, 3.05) is 30.0 Å². The molecule has 0 aromatic carbocycles. The van der Waals surface area contributed by atoms with Crippen molar-refractivity contribution >= 4 is 33.7 Å². The van der Waals surface area contributed by atoms with Crippen molar-refractivity contribution in [1.82, 2.24) is 0 Å². The Balaban J connectivity index is 3.28. The van der Waals surface area contributed by atoms with Crippen molar-refractivity contribution in [3.8, 4) is 0 Å². The number of alkyl halides is 1. The molecule has 1 atom stereocenters. The van der Waals surface area contributed by atoms with E-state index in [1.54, 1.807) is 11.8 Å². The van der Waals surface area contributed by atoms with Crippen LogP contribution < -0.4 is 5.73 Å². The van der Waals surface area contributed by atoms with Gasteiger partial charge in [0.2, 0.25) is 0 Å². The van der Waals surface area contributed by atoms with Gasteiger partial charge in [0.25, 0.3) is 0 Å². The van der Waals surface area contributed by atoms with Gasteiger partial charge in [-0.3, -0.25) is 4.79 Å². The van der Waals surface area contributed by atoms with Gasteiger partial charge in [-0.1, -0.05) is 132 Å². The summed E-state index contributed by atoms with van der Waals surface area (Å²) in [6.07, 6.45) is 28.1. The van der Waals surface area contributed by atoms with E-state index in [4.69, 9.17) is 15.6 Å². The van der Waals surface area contributed by atoms with E-state index in [0.29, 0.717) is 19.0 Å². The summed E-state index contributed by atoms with van der Waals surface area (Å²) in [5, 5.41) is 9.90. The number of halogens is 1. The van der Waals surface area contributed by atoms with E-state index in [0.717, 1.165) is 30.3 Å². The van der Waals surface area contributed by atoms with Crippen molar-refractivity contribution < 1.29 is 14.6 Å². The second-order valence-electron chi connectivity index (χ2n) is 10.0. The molecule has 6 heteroatoms. The highest BCUT2D eigenvalue weighted by molar-refractivity contribution is 9.09. The number of ether oxygens (including phenoxy) is 1. The third-order valence-corrected chi connectivity index (χ3v) is 8.30. The van der Waals surface area contributed by atoms with Gasteiger partial charge in [-0.05, 0) is 31.4 Å². The zero-order valence-corrected chi connectivity index (χ0v) is 25.2. The molecule has 0 aliphatic rings. The first kappa shape index (κ1) is 35.2. The number of aliphatic hydroxyl groups excluding tert-OH is 1. The predicted molar refractivity (Wildman–Crippen MR) is 159 cm³/mol. The van der Waals surface area contributed by atoms with E-state index in [9.17, 15) is 4.79 Å². The summed E-state index contributed by atoms with van der Waals surface area (Å²) in [6, 6.07) is -0.480. The van der Waals surface area contributed by atoms with E-state index >= 15 is 0 Å². The highest BCUT2D eigenvalue weighted by atomic mass is 79.9. The summed E-state index contributed by atoms with van der Waals surface area (Å²) in [7, 11) is 0. The predicted octanol–water partition coefficient (Wildman–Crippen LogP) is 8.56. The molecule has 0 bridgehead atoms. The van der Waals surface area contributed by atoms with E-state index in [1.807, 2.05) is 0 Å². The van der Waals surface area contributed by atoms with Crippen LogP contribution in [0.2, 0.25) is 0 Å². The molecule has 4 nitrogen and oxygen atoms in total. The molecule has 3 N–H and O–H groups in total. The number of hydrogen-bond donors (Lipinski definition) is 2. The van der Waals surface area contributed by atoms with E-state index < -0.39 is 6.04 Å². The number of esters is 1. The normalized spacial score (nSPS) is 12.2. The van der Waals surface area contributed by atoms with Gasteiger partial charge in [0.05, 0.1) is 6.61 Å². The van der Waals surface area contributed by atoms with Gasteiger partial charge in [0.15, 0.2) is 0 Å². The summed E-state index contributed by atoms with van der Waals surface area (Å²) in [5.74, 6) is 1.53. The lowest BCUT2D eigenvalue weighted by Crippen LogP contribution is -2.34.